The molecule has 1 aromatic heterocycles. The number of carbonyl (C=O) groups excluding carboxylic acids is 1. The Morgan fingerprint density at radius 2 is 2.00 bits per heavy atom. The minimum absolute atomic E-state index is 0.107. The predicted octanol–water partition coefficient (Wildman–Crippen LogP) is 3.33. The second kappa shape index (κ2) is 7.10. The fraction of sp³-hybridized carbons (Fsp3) is 0.526. The molecule has 9 heteroatoms. The minimum atomic E-state index is -4.46. The van der Waals surface area contributed by atoms with E-state index in [4.69, 9.17) is 4.74 Å². The van der Waals surface area contributed by atoms with Crippen LogP contribution in [-0.4, -0.2) is 25.9 Å². The van der Waals surface area contributed by atoms with Gasteiger partial charge in [0.1, 0.15) is 17.5 Å². The SMILES string of the molecule is CC(C)(C)OC(=O)[C@H]1CCCc2nn(Cc3cccc(C(F)(F)F)c3)c(=O)n21. The molecule has 0 spiro atoms. The zero-order valence-electron chi connectivity index (χ0n) is 15.9. The van der Waals surface area contributed by atoms with Crippen molar-refractivity contribution in [3.63, 3.8) is 0 Å². The number of ether oxygens (including phenoxy) is 1. The Balaban J connectivity index is 1.91. The molecule has 0 saturated heterocycles. The Hall–Kier alpha value is -2.58. The van der Waals surface area contributed by atoms with Crippen LogP contribution in [0, 0.1) is 0 Å². The van der Waals surface area contributed by atoms with Crippen molar-refractivity contribution in [2.75, 3.05) is 0 Å². The molecule has 0 bridgehead atoms. The van der Waals surface area contributed by atoms with Crippen LogP contribution >= 0.6 is 0 Å². The molecule has 1 aliphatic rings. The van der Waals surface area contributed by atoms with Gasteiger partial charge in [-0.15, -0.1) is 0 Å². The van der Waals surface area contributed by atoms with E-state index >= 15 is 0 Å². The average Bonchev–Trinajstić information content (AvgIpc) is 2.89. The first kappa shape index (κ1) is 20.2. The van der Waals surface area contributed by atoms with Gasteiger partial charge in [-0.05, 0) is 51.3 Å². The second-order valence-electron chi connectivity index (χ2n) is 7.87. The van der Waals surface area contributed by atoms with E-state index < -0.39 is 35.0 Å². The van der Waals surface area contributed by atoms with Crippen LogP contribution in [0.1, 0.15) is 56.6 Å². The number of halogens is 3. The summed E-state index contributed by atoms with van der Waals surface area (Å²) in [5.74, 6) is -0.0618. The van der Waals surface area contributed by atoms with Gasteiger partial charge in [0, 0.05) is 6.42 Å². The predicted molar refractivity (Wildman–Crippen MR) is 94.9 cm³/mol. The van der Waals surface area contributed by atoms with Gasteiger partial charge < -0.3 is 4.74 Å². The number of hydrogen-bond acceptors (Lipinski definition) is 4. The van der Waals surface area contributed by atoms with Crippen molar-refractivity contribution in [3.05, 3.63) is 51.7 Å². The third kappa shape index (κ3) is 4.28. The molecule has 0 aliphatic carbocycles. The van der Waals surface area contributed by atoms with Gasteiger partial charge >= 0.3 is 17.8 Å². The topological polar surface area (TPSA) is 66.1 Å². The molecule has 0 radical (unpaired) electrons. The molecule has 0 saturated carbocycles. The van der Waals surface area contributed by atoms with Crippen LogP contribution in [0.4, 0.5) is 13.2 Å². The van der Waals surface area contributed by atoms with Gasteiger partial charge in [0.15, 0.2) is 0 Å². The van der Waals surface area contributed by atoms with Crippen LogP contribution in [0.15, 0.2) is 29.1 Å². The highest BCUT2D eigenvalue weighted by atomic mass is 19.4. The number of hydrogen-bond donors (Lipinski definition) is 0. The molecule has 2 heterocycles. The minimum Gasteiger partial charge on any atom is -0.458 e. The highest BCUT2D eigenvalue weighted by Gasteiger charge is 2.34. The molecule has 0 amide bonds. The Bertz CT molecular complexity index is 938. The van der Waals surface area contributed by atoms with Gasteiger partial charge in [0.25, 0.3) is 0 Å². The summed E-state index contributed by atoms with van der Waals surface area (Å²) in [4.78, 5) is 25.3. The summed E-state index contributed by atoms with van der Waals surface area (Å²) in [6.07, 6.45) is -2.82. The number of fused-ring (bicyclic) bond motifs is 1. The standard InChI is InChI=1S/C19H22F3N3O3/c1-18(2,3)28-16(26)14-8-5-9-15-23-24(17(27)25(14)15)11-12-6-4-7-13(10-12)19(20,21)22/h4,6-7,10,14H,5,8-9,11H2,1-3H3/t14-/m1/s1. The molecule has 6 nitrogen and oxygen atoms in total. The quantitative estimate of drug-likeness (QED) is 0.746. The maximum absolute atomic E-state index is 12.9. The number of alkyl halides is 3. The Morgan fingerprint density at radius 1 is 1.29 bits per heavy atom. The third-order valence-corrected chi connectivity index (χ3v) is 4.40. The summed E-state index contributed by atoms with van der Waals surface area (Å²) in [7, 11) is 0. The van der Waals surface area contributed by atoms with E-state index in [1.807, 2.05) is 0 Å². The molecule has 1 aromatic carbocycles. The van der Waals surface area contributed by atoms with Crippen LogP contribution in [-0.2, 0) is 28.7 Å². The van der Waals surface area contributed by atoms with E-state index in [1.54, 1.807) is 20.8 Å². The lowest BCUT2D eigenvalue weighted by molar-refractivity contribution is -0.159. The zero-order chi connectivity index (χ0) is 20.7. The lowest BCUT2D eigenvalue weighted by atomic mass is 10.0. The molecule has 152 valence electrons. The first-order chi connectivity index (χ1) is 13.0. The van der Waals surface area contributed by atoms with Crippen molar-refractivity contribution in [3.8, 4) is 0 Å². The Morgan fingerprint density at radius 3 is 2.64 bits per heavy atom. The fourth-order valence-corrected chi connectivity index (χ4v) is 3.25. The monoisotopic (exact) mass is 397 g/mol. The van der Waals surface area contributed by atoms with Crippen LogP contribution in [0.2, 0.25) is 0 Å². The lowest BCUT2D eigenvalue weighted by Crippen LogP contribution is -2.38. The van der Waals surface area contributed by atoms with Gasteiger partial charge in [0.05, 0.1) is 12.1 Å². The molecule has 0 N–H and O–H groups in total. The van der Waals surface area contributed by atoms with Crippen LogP contribution in [0.5, 0.6) is 0 Å². The van der Waals surface area contributed by atoms with Crippen LogP contribution < -0.4 is 5.69 Å². The summed E-state index contributed by atoms with van der Waals surface area (Å²) < 4.78 is 46.5. The Labute approximate surface area is 159 Å². The first-order valence-electron chi connectivity index (χ1n) is 9.03. The van der Waals surface area contributed by atoms with E-state index in [9.17, 15) is 22.8 Å². The second-order valence-corrected chi connectivity index (χ2v) is 7.87. The highest BCUT2D eigenvalue weighted by molar-refractivity contribution is 5.74. The average molecular weight is 397 g/mol. The summed E-state index contributed by atoms with van der Waals surface area (Å²) in [5.41, 5.74) is -1.69. The summed E-state index contributed by atoms with van der Waals surface area (Å²) in [6.45, 7) is 5.13. The molecule has 28 heavy (non-hydrogen) atoms. The van der Waals surface area contributed by atoms with Gasteiger partial charge in [-0.1, -0.05) is 12.1 Å². The first-order valence-corrected chi connectivity index (χ1v) is 9.03. The molecule has 1 aliphatic heterocycles. The van der Waals surface area contributed by atoms with Gasteiger partial charge in [-0.3, -0.25) is 4.57 Å². The van der Waals surface area contributed by atoms with Crippen molar-refractivity contribution in [2.24, 2.45) is 0 Å². The van der Waals surface area contributed by atoms with Crippen molar-refractivity contribution < 1.29 is 22.7 Å². The molecule has 1 atom stereocenters. The third-order valence-electron chi connectivity index (χ3n) is 4.40. The Kier molecular flexibility index (Phi) is 5.12. The molecular weight excluding hydrogens is 375 g/mol. The summed E-state index contributed by atoms with van der Waals surface area (Å²) >= 11 is 0. The summed E-state index contributed by atoms with van der Waals surface area (Å²) in [5, 5.41) is 4.24. The highest BCUT2D eigenvalue weighted by Crippen LogP contribution is 2.30. The molecule has 0 fully saturated rings. The maximum Gasteiger partial charge on any atom is 0.416 e. The molecule has 2 aromatic rings. The number of aromatic nitrogens is 3. The fourth-order valence-electron chi connectivity index (χ4n) is 3.25. The number of aryl methyl sites for hydroxylation is 1. The van der Waals surface area contributed by atoms with Gasteiger partial charge in [0.2, 0.25) is 0 Å². The molecular formula is C19H22F3N3O3. The zero-order valence-corrected chi connectivity index (χ0v) is 15.9. The van der Waals surface area contributed by atoms with Crippen molar-refractivity contribution in [1.29, 1.82) is 0 Å². The number of esters is 1. The van der Waals surface area contributed by atoms with E-state index in [0.717, 1.165) is 16.8 Å². The number of benzene rings is 1. The smallest absolute Gasteiger partial charge is 0.416 e. The molecule has 0 unspecified atom stereocenters. The summed E-state index contributed by atoms with van der Waals surface area (Å²) in [6, 6.07) is 4.00. The number of carbonyl (C=O) groups is 1. The van der Waals surface area contributed by atoms with Crippen molar-refractivity contribution in [2.45, 2.75) is 64.4 Å². The largest absolute Gasteiger partial charge is 0.458 e. The van der Waals surface area contributed by atoms with Gasteiger partial charge in [-0.2, -0.15) is 18.3 Å². The van der Waals surface area contributed by atoms with Gasteiger partial charge in [-0.25, -0.2) is 14.3 Å². The van der Waals surface area contributed by atoms with Crippen molar-refractivity contribution >= 4 is 5.97 Å². The molecule has 3 rings (SSSR count). The van der Waals surface area contributed by atoms with E-state index in [0.29, 0.717) is 30.7 Å². The lowest BCUT2D eigenvalue weighted by Gasteiger charge is -2.26. The maximum atomic E-state index is 12.9. The number of nitrogens with zero attached hydrogens (tertiary/aromatic N) is 3. The van der Waals surface area contributed by atoms with E-state index in [1.165, 1.54) is 16.7 Å². The van der Waals surface area contributed by atoms with E-state index in [2.05, 4.69) is 5.10 Å². The van der Waals surface area contributed by atoms with Crippen molar-refractivity contribution in [1.82, 2.24) is 14.3 Å². The number of rotatable bonds is 3. The normalized spacial score (nSPS) is 17.3. The van der Waals surface area contributed by atoms with E-state index in [-0.39, 0.29) is 6.54 Å². The van der Waals surface area contributed by atoms with Crippen LogP contribution in [0.3, 0.4) is 0 Å². The van der Waals surface area contributed by atoms with Crippen LogP contribution in [0.25, 0.3) is 0 Å².